The van der Waals surface area contributed by atoms with Crippen LogP contribution in [0.4, 0.5) is 11.5 Å². The van der Waals surface area contributed by atoms with E-state index < -0.39 is 0 Å². The lowest BCUT2D eigenvalue weighted by atomic mass is 10.3. The normalized spacial score (nSPS) is 15.3. The molecule has 1 fully saturated rings. The third kappa shape index (κ3) is 4.30. The maximum Gasteiger partial charge on any atom is 0.248 e. The first-order valence-corrected chi connectivity index (χ1v) is 7.02. The number of ether oxygens (including phenoxy) is 2. The quantitative estimate of drug-likeness (QED) is 0.742. The lowest BCUT2D eigenvalue weighted by Gasteiger charge is -2.35. The molecule has 0 aliphatic carbocycles. The average molecular weight is 294 g/mol. The van der Waals surface area contributed by atoms with E-state index >= 15 is 0 Å². The second-order valence-corrected chi connectivity index (χ2v) is 4.83. The number of carbonyl (C=O) groups is 1. The first kappa shape index (κ1) is 15.5. The highest BCUT2D eigenvalue weighted by molar-refractivity contribution is 5.78. The first-order chi connectivity index (χ1) is 10.2. The zero-order valence-electron chi connectivity index (χ0n) is 12.3. The van der Waals surface area contributed by atoms with Gasteiger partial charge in [-0.1, -0.05) is 0 Å². The highest BCUT2D eigenvalue weighted by atomic mass is 16.5. The van der Waals surface area contributed by atoms with Gasteiger partial charge in [-0.25, -0.2) is 4.98 Å². The van der Waals surface area contributed by atoms with Gasteiger partial charge in [-0.3, -0.25) is 4.79 Å². The van der Waals surface area contributed by atoms with Gasteiger partial charge >= 0.3 is 0 Å². The number of amides is 1. The molecule has 116 valence electrons. The second kappa shape index (κ2) is 7.80. The van der Waals surface area contributed by atoms with Gasteiger partial charge in [-0.15, -0.1) is 0 Å². The van der Waals surface area contributed by atoms with E-state index in [1.807, 2.05) is 17.0 Å². The monoisotopic (exact) mass is 294 g/mol. The van der Waals surface area contributed by atoms with Crippen LogP contribution in [0.15, 0.2) is 18.3 Å². The highest BCUT2D eigenvalue weighted by Gasteiger charge is 2.22. The molecular formula is C14H22N4O3. The molecule has 0 aromatic carbocycles. The number of anilines is 2. The largest absolute Gasteiger partial charge is 0.396 e. The molecule has 0 radical (unpaired) electrons. The molecule has 0 spiro atoms. The summed E-state index contributed by atoms with van der Waals surface area (Å²) in [5, 5.41) is 0. The molecule has 2 heterocycles. The predicted molar refractivity (Wildman–Crippen MR) is 80.1 cm³/mol. The molecule has 1 aromatic heterocycles. The highest BCUT2D eigenvalue weighted by Crippen LogP contribution is 2.20. The molecule has 1 aliphatic rings. The van der Waals surface area contributed by atoms with Gasteiger partial charge in [0, 0.05) is 39.5 Å². The Morgan fingerprint density at radius 2 is 2.10 bits per heavy atom. The first-order valence-electron chi connectivity index (χ1n) is 7.02. The fourth-order valence-corrected chi connectivity index (χ4v) is 2.23. The Kier molecular flexibility index (Phi) is 5.77. The Bertz CT molecular complexity index is 461. The third-order valence-electron chi connectivity index (χ3n) is 3.41. The molecule has 0 unspecified atom stereocenters. The van der Waals surface area contributed by atoms with Gasteiger partial charge in [-0.05, 0) is 12.1 Å². The average Bonchev–Trinajstić information content (AvgIpc) is 2.52. The summed E-state index contributed by atoms with van der Waals surface area (Å²) >= 11 is 0. The van der Waals surface area contributed by atoms with Gasteiger partial charge < -0.3 is 25.0 Å². The summed E-state index contributed by atoms with van der Waals surface area (Å²) < 4.78 is 10.1. The number of aromatic nitrogens is 1. The summed E-state index contributed by atoms with van der Waals surface area (Å²) in [4.78, 5) is 20.2. The van der Waals surface area contributed by atoms with E-state index in [0.29, 0.717) is 32.0 Å². The molecule has 2 rings (SSSR count). The smallest absolute Gasteiger partial charge is 0.248 e. The lowest BCUT2D eigenvalue weighted by molar-refractivity contribution is -0.136. The second-order valence-electron chi connectivity index (χ2n) is 4.83. The minimum absolute atomic E-state index is 0.0137. The van der Waals surface area contributed by atoms with E-state index in [9.17, 15) is 4.79 Å². The number of hydrogen-bond acceptors (Lipinski definition) is 6. The summed E-state index contributed by atoms with van der Waals surface area (Å²) in [7, 11) is 1.60. The predicted octanol–water partition coefficient (Wildman–Crippen LogP) is -0.0246. The SMILES string of the molecule is COCCOCC(=O)N1CCN(c2ncccc2N)CC1. The van der Waals surface area contributed by atoms with Crippen LogP contribution < -0.4 is 10.6 Å². The van der Waals surface area contributed by atoms with Crippen molar-refractivity contribution in [3.63, 3.8) is 0 Å². The summed E-state index contributed by atoms with van der Waals surface area (Å²) in [5.41, 5.74) is 6.59. The van der Waals surface area contributed by atoms with E-state index in [-0.39, 0.29) is 12.5 Å². The minimum atomic E-state index is 0.0137. The Hall–Kier alpha value is -1.86. The topological polar surface area (TPSA) is 80.9 Å². The molecule has 1 aliphatic heterocycles. The number of piperazine rings is 1. The van der Waals surface area contributed by atoms with Crippen LogP contribution in [0, 0.1) is 0 Å². The number of hydrogen-bond donors (Lipinski definition) is 1. The molecule has 7 nitrogen and oxygen atoms in total. The van der Waals surface area contributed by atoms with Crippen molar-refractivity contribution in [3.05, 3.63) is 18.3 Å². The molecule has 0 bridgehead atoms. The van der Waals surface area contributed by atoms with Crippen molar-refractivity contribution in [3.8, 4) is 0 Å². The van der Waals surface area contributed by atoms with E-state index in [4.69, 9.17) is 15.2 Å². The zero-order valence-corrected chi connectivity index (χ0v) is 12.3. The van der Waals surface area contributed by atoms with E-state index in [2.05, 4.69) is 9.88 Å². The third-order valence-corrected chi connectivity index (χ3v) is 3.41. The number of methoxy groups -OCH3 is 1. The lowest BCUT2D eigenvalue weighted by Crippen LogP contribution is -2.50. The number of pyridine rings is 1. The molecular weight excluding hydrogens is 272 g/mol. The number of nitrogens with zero attached hydrogens (tertiary/aromatic N) is 3. The summed E-state index contributed by atoms with van der Waals surface area (Å²) in [5.74, 6) is 0.806. The molecule has 7 heteroatoms. The van der Waals surface area contributed by atoms with E-state index in [0.717, 1.165) is 18.9 Å². The Morgan fingerprint density at radius 3 is 2.76 bits per heavy atom. The molecule has 1 amide bonds. The number of nitrogens with two attached hydrogens (primary N) is 1. The van der Waals surface area contributed by atoms with Crippen LogP contribution in [0.2, 0.25) is 0 Å². The van der Waals surface area contributed by atoms with Crippen LogP contribution >= 0.6 is 0 Å². The molecule has 1 aromatic rings. The van der Waals surface area contributed by atoms with Gasteiger partial charge in [0.1, 0.15) is 6.61 Å². The van der Waals surface area contributed by atoms with Crippen LogP contribution in [0.25, 0.3) is 0 Å². The van der Waals surface area contributed by atoms with E-state index in [1.54, 1.807) is 13.3 Å². The number of carbonyl (C=O) groups excluding carboxylic acids is 1. The van der Waals surface area contributed by atoms with Crippen molar-refractivity contribution in [2.45, 2.75) is 0 Å². The fraction of sp³-hybridized carbons (Fsp3) is 0.571. The zero-order chi connectivity index (χ0) is 15.1. The summed E-state index contributed by atoms with van der Waals surface area (Å²) in [6.45, 7) is 3.81. The molecule has 1 saturated heterocycles. The Morgan fingerprint density at radius 1 is 1.33 bits per heavy atom. The molecule has 2 N–H and O–H groups in total. The van der Waals surface area contributed by atoms with Crippen molar-refractivity contribution in [1.29, 1.82) is 0 Å². The van der Waals surface area contributed by atoms with Gasteiger partial charge in [-0.2, -0.15) is 0 Å². The Labute approximate surface area is 124 Å². The maximum atomic E-state index is 12.0. The van der Waals surface area contributed by atoms with E-state index in [1.165, 1.54) is 0 Å². The summed E-state index contributed by atoms with van der Waals surface area (Å²) in [6, 6.07) is 3.65. The van der Waals surface area contributed by atoms with Gasteiger partial charge in [0.25, 0.3) is 0 Å². The van der Waals surface area contributed by atoms with Crippen molar-refractivity contribution in [2.75, 3.05) is 63.7 Å². The molecule has 21 heavy (non-hydrogen) atoms. The van der Waals surface area contributed by atoms with Crippen LogP contribution in [-0.4, -0.2) is 68.9 Å². The number of rotatable bonds is 6. The van der Waals surface area contributed by atoms with Crippen LogP contribution in [0.1, 0.15) is 0 Å². The molecule has 0 saturated carbocycles. The Balaban J connectivity index is 1.78. The van der Waals surface area contributed by atoms with Crippen molar-refractivity contribution >= 4 is 17.4 Å². The van der Waals surface area contributed by atoms with Gasteiger partial charge in [0.05, 0.1) is 18.9 Å². The summed E-state index contributed by atoms with van der Waals surface area (Å²) in [6.07, 6.45) is 1.73. The number of nitrogen functional groups attached to an aromatic ring is 1. The van der Waals surface area contributed by atoms with Crippen molar-refractivity contribution in [1.82, 2.24) is 9.88 Å². The van der Waals surface area contributed by atoms with Crippen molar-refractivity contribution in [2.24, 2.45) is 0 Å². The molecule has 0 atom stereocenters. The van der Waals surface area contributed by atoms with Crippen LogP contribution in [0.3, 0.4) is 0 Å². The standard InChI is InChI=1S/C14H22N4O3/c1-20-9-10-21-11-13(19)17-5-7-18(8-6-17)14-12(15)3-2-4-16-14/h2-4H,5-11,15H2,1H3. The van der Waals surface area contributed by atoms with Crippen LogP contribution in [0.5, 0.6) is 0 Å². The maximum absolute atomic E-state index is 12.0. The van der Waals surface area contributed by atoms with Crippen molar-refractivity contribution < 1.29 is 14.3 Å². The van der Waals surface area contributed by atoms with Gasteiger partial charge in [0.15, 0.2) is 5.82 Å². The minimum Gasteiger partial charge on any atom is -0.396 e. The van der Waals surface area contributed by atoms with Gasteiger partial charge in [0.2, 0.25) is 5.91 Å². The van der Waals surface area contributed by atoms with Crippen LogP contribution in [-0.2, 0) is 14.3 Å². The fourth-order valence-electron chi connectivity index (χ4n) is 2.23.